The van der Waals surface area contributed by atoms with Crippen molar-refractivity contribution in [1.82, 2.24) is 5.32 Å². The van der Waals surface area contributed by atoms with E-state index in [1.165, 1.54) is 0 Å². The summed E-state index contributed by atoms with van der Waals surface area (Å²) in [5.41, 5.74) is 3.81. The van der Waals surface area contributed by atoms with Crippen molar-refractivity contribution in [2.75, 3.05) is 6.61 Å². The lowest BCUT2D eigenvalue weighted by atomic mass is 10.0. The summed E-state index contributed by atoms with van der Waals surface area (Å²) in [5, 5.41) is 31.9. The van der Waals surface area contributed by atoms with Crippen LogP contribution in [-0.4, -0.2) is 28.0 Å². The first-order valence-electron chi connectivity index (χ1n) is 9.41. The smallest absolute Gasteiger partial charge is 0.130 e. The van der Waals surface area contributed by atoms with Crippen LogP contribution in [0, 0.1) is 18.3 Å². The molecule has 0 saturated heterocycles. The first-order chi connectivity index (χ1) is 13.5. The molecule has 0 bridgehead atoms. The molecule has 1 unspecified atom stereocenters. The predicted molar refractivity (Wildman–Crippen MR) is 110 cm³/mol. The number of hydrogen-bond acceptors (Lipinski definition) is 5. The number of aliphatic hydroxyl groups is 3. The highest BCUT2D eigenvalue weighted by Gasteiger charge is 2.12. The van der Waals surface area contributed by atoms with Crippen LogP contribution in [0.1, 0.15) is 41.7 Å². The third kappa shape index (κ3) is 5.82. The topological polar surface area (TPSA) is 82.0 Å². The molecule has 5 heteroatoms. The van der Waals surface area contributed by atoms with Crippen molar-refractivity contribution in [3.05, 3.63) is 64.2 Å². The van der Waals surface area contributed by atoms with E-state index in [9.17, 15) is 15.3 Å². The fraction of sp³-hybridized carbons (Fsp3) is 0.391. The van der Waals surface area contributed by atoms with Gasteiger partial charge in [-0.1, -0.05) is 44.0 Å². The Bertz CT molecular complexity index is 768. The monoisotopic (exact) mass is 383 g/mol. The molecule has 150 valence electrons. The summed E-state index contributed by atoms with van der Waals surface area (Å²) in [6.45, 7) is 4.82. The zero-order valence-electron chi connectivity index (χ0n) is 16.5. The average molecular weight is 383 g/mol. The molecular weight excluding hydrogens is 354 g/mol. The van der Waals surface area contributed by atoms with Gasteiger partial charge in [0, 0.05) is 29.3 Å². The number of aliphatic hydroxyl groups excluding tert-OH is 3. The second kappa shape index (κ2) is 10.8. The molecule has 0 saturated carbocycles. The minimum atomic E-state index is -0.218. The molecule has 0 fully saturated rings. The van der Waals surface area contributed by atoms with E-state index in [4.69, 9.17) is 11.2 Å². The van der Waals surface area contributed by atoms with Gasteiger partial charge in [-0.2, -0.15) is 0 Å². The van der Waals surface area contributed by atoms with Gasteiger partial charge >= 0.3 is 0 Å². The maximum Gasteiger partial charge on any atom is 0.130 e. The van der Waals surface area contributed by atoms with Gasteiger partial charge in [-0.3, -0.25) is 0 Å². The summed E-state index contributed by atoms with van der Waals surface area (Å²) < 4.78 is 5.89. The van der Waals surface area contributed by atoms with E-state index in [1.54, 1.807) is 12.1 Å². The van der Waals surface area contributed by atoms with Crippen molar-refractivity contribution >= 4 is 0 Å². The van der Waals surface area contributed by atoms with Gasteiger partial charge in [0.15, 0.2) is 0 Å². The second-order valence-corrected chi connectivity index (χ2v) is 7.10. The molecule has 1 atom stereocenters. The molecule has 0 radical (unpaired) electrons. The van der Waals surface area contributed by atoms with Crippen molar-refractivity contribution in [3.63, 3.8) is 0 Å². The van der Waals surface area contributed by atoms with Crippen molar-refractivity contribution < 1.29 is 20.1 Å². The van der Waals surface area contributed by atoms with E-state index in [2.05, 4.69) is 25.1 Å². The maximum atomic E-state index is 9.60. The van der Waals surface area contributed by atoms with Crippen LogP contribution in [0.4, 0.5) is 0 Å². The number of rotatable bonds is 10. The molecule has 4 N–H and O–H groups in total. The molecule has 2 rings (SSSR count). The molecule has 0 amide bonds. The van der Waals surface area contributed by atoms with Crippen molar-refractivity contribution in [2.24, 2.45) is 5.92 Å². The van der Waals surface area contributed by atoms with Crippen molar-refractivity contribution in [3.8, 4) is 18.1 Å². The molecule has 0 heterocycles. The van der Waals surface area contributed by atoms with Gasteiger partial charge in [0.1, 0.15) is 12.4 Å². The van der Waals surface area contributed by atoms with E-state index in [-0.39, 0.29) is 25.9 Å². The molecule has 0 aliphatic heterocycles. The van der Waals surface area contributed by atoms with E-state index >= 15 is 0 Å². The van der Waals surface area contributed by atoms with Crippen LogP contribution in [0.25, 0.3) is 0 Å². The van der Waals surface area contributed by atoms with Crippen LogP contribution in [0.3, 0.4) is 0 Å². The summed E-state index contributed by atoms with van der Waals surface area (Å²) in [6.07, 6.45) is 5.42. The lowest BCUT2D eigenvalue weighted by Crippen LogP contribution is -2.36. The van der Waals surface area contributed by atoms with Gasteiger partial charge in [-0.05, 0) is 29.2 Å². The summed E-state index contributed by atoms with van der Waals surface area (Å²) in [6, 6.07) is 11.4. The normalized spacial score (nSPS) is 12.0. The highest BCUT2D eigenvalue weighted by Crippen LogP contribution is 2.27. The number of benzene rings is 2. The fourth-order valence-corrected chi connectivity index (χ4v) is 2.93. The minimum Gasteiger partial charge on any atom is -0.488 e. The number of hydrogen-bond donors (Lipinski definition) is 4. The molecule has 2 aromatic carbocycles. The van der Waals surface area contributed by atoms with Gasteiger partial charge in [0.25, 0.3) is 0 Å². The van der Waals surface area contributed by atoms with E-state index in [0.29, 0.717) is 41.5 Å². The Kier molecular flexibility index (Phi) is 8.49. The van der Waals surface area contributed by atoms with E-state index in [1.807, 2.05) is 24.3 Å². The minimum absolute atomic E-state index is 0.0720. The molecule has 0 aromatic heterocycles. The first-order valence-corrected chi connectivity index (χ1v) is 9.41. The summed E-state index contributed by atoms with van der Waals surface area (Å²) in [4.78, 5) is 0. The van der Waals surface area contributed by atoms with Gasteiger partial charge in [-0.15, -0.1) is 6.42 Å². The Labute approximate surface area is 167 Å². The number of nitrogens with one attached hydrogen (secondary N) is 1. The summed E-state index contributed by atoms with van der Waals surface area (Å²) in [5.74, 6) is 3.35. The molecule has 28 heavy (non-hydrogen) atoms. The highest BCUT2D eigenvalue weighted by atomic mass is 16.5. The van der Waals surface area contributed by atoms with Gasteiger partial charge < -0.3 is 25.4 Å². The van der Waals surface area contributed by atoms with Gasteiger partial charge in [-0.25, -0.2) is 0 Å². The Hall–Kier alpha value is -2.36. The lowest BCUT2D eigenvalue weighted by molar-refractivity contribution is 0.210. The zero-order valence-corrected chi connectivity index (χ0v) is 16.5. The van der Waals surface area contributed by atoms with Gasteiger partial charge in [0.05, 0.1) is 19.8 Å². The van der Waals surface area contributed by atoms with E-state index < -0.39 is 0 Å². The van der Waals surface area contributed by atoms with Crippen LogP contribution >= 0.6 is 0 Å². The Morgan fingerprint density at radius 2 is 1.57 bits per heavy atom. The SMILES string of the molecule is C#Cc1cc(CO)c(OCc2ccc(CNC(CO)C(C)C)cc2)c(CO)c1. The Morgan fingerprint density at radius 3 is 2.04 bits per heavy atom. The maximum absolute atomic E-state index is 9.60. The molecule has 0 aliphatic rings. The fourth-order valence-electron chi connectivity index (χ4n) is 2.93. The zero-order chi connectivity index (χ0) is 20.5. The highest BCUT2D eigenvalue weighted by molar-refractivity contribution is 5.49. The van der Waals surface area contributed by atoms with Crippen LogP contribution < -0.4 is 10.1 Å². The summed E-state index contributed by atoms with van der Waals surface area (Å²) >= 11 is 0. The van der Waals surface area contributed by atoms with Gasteiger partial charge in [0.2, 0.25) is 0 Å². The largest absolute Gasteiger partial charge is 0.488 e. The van der Waals surface area contributed by atoms with Crippen LogP contribution in [-0.2, 0) is 26.4 Å². The predicted octanol–water partition coefficient (Wildman–Crippen LogP) is 2.34. The lowest BCUT2D eigenvalue weighted by Gasteiger charge is -2.20. The third-order valence-electron chi connectivity index (χ3n) is 4.73. The second-order valence-electron chi connectivity index (χ2n) is 7.10. The average Bonchev–Trinajstić information content (AvgIpc) is 2.72. The number of terminal acetylenes is 1. The standard InChI is InChI=1S/C23H29NO4/c1-4-17-9-20(12-25)23(21(10-17)13-26)28-15-19-7-5-18(6-8-19)11-24-22(14-27)16(2)3/h1,5-10,16,22,24-27H,11-15H2,2-3H3. The quantitative estimate of drug-likeness (QED) is 0.474. The van der Waals surface area contributed by atoms with Crippen molar-refractivity contribution in [2.45, 2.75) is 46.3 Å². The molecule has 2 aromatic rings. The number of ether oxygens (including phenoxy) is 1. The van der Waals surface area contributed by atoms with E-state index in [0.717, 1.165) is 11.1 Å². The molecule has 0 aliphatic carbocycles. The van der Waals surface area contributed by atoms with Crippen LogP contribution in [0.2, 0.25) is 0 Å². The molecule has 0 spiro atoms. The molecule has 5 nitrogen and oxygen atoms in total. The summed E-state index contributed by atoms with van der Waals surface area (Å²) in [7, 11) is 0. The van der Waals surface area contributed by atoms with Crippen LogP contribution in [0.5, 0.6) is 5.75 Å². The molecular formula is C23H29NO4. The first kappa shape index (κ1) is 21.9. The Morgan fingerprint density at radius 1 is 1.00 bits per heavy atom. The third-order valence-corrected chi connectivity index (χ3v) is 4.73. The Balaban J connectivity index is 2.03. The van der Waals surface area contributed by atoms with Crippen molar-refractivity contribution in [1.29, 1.82) is 0 Å². The van der Waals surface area contributed by atoms with Crippen LogP contribution in [0.15, 0.2) is 36.4 Å².